The van der Waals surface area contributed by atoms with Gasteiger partial charge in [0.2, 0.25) is 0 Å². The molecule has 1 atom stereocenters. The zero-order valence-electron chi connectivity index (χ0n) is 12.9. The van der Waals surface area contributed by atoms with E-state index in [4.69, 9.17) is 23.2 Å². The van der Waals surface area contributed by atoms with Crippen molar-refractivity contribution in [2.75, 3.05) is 0 Å². The Balaban J connectivity index is 2.34. The number of nitrogens with zero attached hydrogens (tertiary/aromatic N) is 1. The van der Waals surface area contributed by atoms with Gasteiger partial charge in [-0.3, -0.25) is 4.99 Å². The van der Waals surface area contributed by atoms with Crippen molar-refractivity contribution < 1.29 is 36.2 Å². The number of hydrogen-bond donors (Lipinski definition) is 1. The van der Waals surface area contributed by atoms with Gasteiger partial charge < -0.3 is 9.84 Å². The van der Waals surface area contributed by atoms with Gasteiger partial charge in [0.1, 0.15) is 11.4 Å². The topological polar surface area (TPSA) is 41.8 Å². The summed E-state index contributed by atoms with van der Waals surface area (Å²) in [5.74, 6) is -1.22. The van der Waals surface area contributed by atoms with Gasteiger partial charge in [-0.05, 0) is 24.3 Å². The van der Waals surface area contributed by atoms with Crippen molar-refractivity contribution in [2.45, 2.75) is 18.5 Å². The monoisotopic (exact) mass is 431 g/mol. The lowest BCUT2D eigenvalue weighted by Crippen LogP contribution is -2.45. The Hall–Kier alpha value is -2.13. The molecular formula is C16H9Cl2F6NO2. The van der Waals surface area contributed by atoms with E-state index in [1.54, 1.807) is 0 Å². The Morgan fingerprint density at radius 2 is 1.70 bits per heavy atom. The number of phenolic OH excluding ortho intramolecular Hbond substituents is 1. The molecule has 0 aliphatic carbocycles. The van der Waals surface area contributed by atoms with Gasteiger partial charge in [0.15, 0.2) is 5.75 Å². The van der Waals surface area contributed by atoms with E-state index in [0.29, 0.717) is 0 Å². The number of aromatic hydroxyl groups is 1. The summed E-state index contributed by atoms with van der Waals surface area (Å²) in [7, 11) is 0. The molecule has 27 heavy (non-hydrogen) atoms. The number of aliphatic imine (C=N–C) groups is 1. The molecule has 0 saturated heterocycles. The predicted octanol–water partition coefficient (Wildman–Crippen LogP) is 6.32. The summed E-state index contributed by atoms with van der Waals surface area (Å²) in [6.45, 7) is 0. The number of hydrogen-bond acceptors (Lipinski definition) is 3. The molecule has 2 aromatic rings. The molecule has 0 fully saturated rings. The molecule has 0 spiro atoms. The first kappa shape index (κ1) is 21.2. The zero-order valence-corrected chi connectivity index (χ0v) is 14.5. The second kappa shape index (κ2) is 7.85. The summed E-state index contributed by atoms with van der Waals surface area (Å²) < 4.78 is 80.5. The van der Waals surface area contributed by atoms with Gasteiger partial charge in [0, 0.05) is 16.8 Å². The van der Waals surface area contributed by atoms with Crippen LogP contribution in [0.4, 0.5) is 32.0 Å². The fourth-order valence-electron chi connectivity index (χ4n) is 1.86. The highest BCUT2D eigenvalue weighted by Gasteiger charge is 2.59. The molecule has 0 bridgehead atoms. The van der Waals surface area contributed by atoms with Gasteiger partial charge >= 0.3 is 12.3 Å². The Bertz CT molecular complexity index is 857. The number of benzene rings is 2. The lowest BCUT2D eigenvalue weighted by Gasteiger charge is -2.23. The summed E-state index contributed by atoms with van der Waals surface area (Å²) >= 11 is 11.5. The van der Waals surface area contributed by atoms with Crippen LogP contribution in [0.1, 0.15) is 5.56 Å². The Morgan fingerprint density at radius 1 is 1.07 bits per heavy atom. The van der Waals surface area contributed by atoms with Crippen molar-refractivity contribution in [3.05, 3.63) is 52.0 Å². The van der Waals surface area contributed by atoms with Crippen LogP contribution in [0.2, 0.25) is 10.0 Å². The van der Waals surface area contributed by atoms with Gasteiger partial charge in [0.25, 0.3) is 6.17 Å². The van der Waals surface area contributed by atoms with Crippen molar-refractivity contribution in [3.63, 3.8) is 0 Å². The van der Waals surface area contributed by atoms with Gasteiger partial charge in [-0.2, -0.15) is 22.0 Å². The molecule has 2 aromatic carbocycles. The van der Waals surface area contributed by atoms with Crippen molar-refractivity contribution in [3.8, 4) is 11.5 Å². The molecule has 0 amide bonds. The standard InChI is InChI=1S/C16H9Cl2F6NO2/c17-9-5-8(13(26)10(18)6-9)7-25-11-3-1-2-4-12(11)27-16(23,24)14(19)15(20,21)22/h1-7,14,26H. The van der Waals surface area contributed by atoms with E-state index in [2.05, 4.69) is 9.73 Å². The minimum absolute atomic E-state index is 0.00715. The van der Waals surface area contributed by atoms with Gasteiger partial charge in [0.05, 0.1) is 5.02 Å². The minimum atomic E-state index is -5.81. The number of halogens is 8. The molecule has 11 heteroatoms. The predicted molar refractivity (Wildman–Crippen MR) is 88.3 cm³/mol. The average Bonchev–Trinajstić information content (AvgIpc) is 2.56. The molecule has 1 unspecified atom stereocenters. The van der Waals surface area contributed by atoms with Crippen LogP contribution >= 0.6 is 23.2 Å². The van der Waals surface area contributed by atoms with Crippen LogP contribution in [0.15, 0.2) is 41.4 Å². The van der Waals surface area contributed by atoms with Crippen LogP contribution in [0, 0.1) is 0 Å². The number of alkyl halides is 6. The molecule has 0 aliphatic heterocycles. The third kappa shape index (κ3) is 5.20. The van der Waals surface area contributed by atoms with Crippen LogP contribution in [0.25, 0.3) is 0 Å². The Kier molecular flexibility index (Phi) is 6.16. The Morgan fingerprint density at radius 3 is 2.33 bits per heavy atom. The molecule has 3 nitrogen and oxygen atoms in total. The molecular weight excluding hydrogens is 423 g/mol. The van der Waals surface area contributed by atoms with E-state index in [9.17, 15) is 31.4 Å². The number of rotatable bonds is 5. The minimum Gasteiger partial charge on any atom is -0.506 e. The molecule has 0 saturated carbocycles. The average molecular weight is 432 g/mol. The summed E-state index contributed by atoms with van der Waals surface area (Å²) in [5.41, 5.74) is -0.338. The van der Waals surface area contributed by atoms with Crippen LogP contribution in [0.3, 0.4) is 0 Å². The summed E-state index contributed by atoms with van der Waals surface area (Å²) in [5, 5.41) is 9.84. The third-order valence-corrected chi connectivity index (χ3v) is 3.60. The van der Waals surface area contributed by atoms with E-state index in [-0.39, 0.29) is 21.3 Å². The van der Waals surface area contributed by atoms with Crippen LogP contribution < -0.4 is 4.74 Å². The molecule has 2 rings (SSSR count). The van der Waals surface area contributed by atoms with Crippen LogP contribution in [-0.2, 0) is 0 Å². The maximum Gasteiger partial charge on any atom is 0.439 e. The molecule has 0 heterocycles. The molecule has 1 N–H and O–H groups in total. The fraction of sp³-hybridized carbons (Fsp3) is 0.188. The van der Waals surface area contributed by atoms with Crippen molar-refractivity contribution >= 4 is 35.1 Å². The molecule has 0 aliphatic rings. The van der Waals surface area contributed by atoms with Gasteiger partial charge in [-0.1, -0.05) is 35.3 Å². The first-order chi connectivity index (χ1) is 12.4. The van der Waals surface area contributed by atoms with E-state index in [1.165, 1.54) is 24.3 Å². The lowest BCUT2D eigenvalue weighted by molar-refractivity contribution is -0.304. The largest absolute Gasteiger partial charge is 0.506 e. The second-order valence-corrected chi connectivity index (χ2v) is 5.96. The highest BCUT2D eigenvalue weighted by atomic mass is 35.5. The number of ether oxygens (including phenoxy) is 1. The third-order valence-electron chi connectivity index (χ3n) is 3.09. The summed E-state index contributed by atoms with van der Waals surface area (Å²) in [4.78, 5) is 3.76. The quantitative estimate of drug-likeness (QED) is 0.444. The normalized spacial score (nSPS) is 13.8. The first-order valence-electron chi connectivity index (χ1n) is 7.00. The second-order valence-electron chi connectivity index (χ2n) is 5.12. The van der Waals surface area contributed by atoms with Gasteiger partial charge in [-0.15, -0.1) is 0 Å². The van der Waals surface area contributed by atoms with E-state index in [1.807, 2.05) is 0 Å². The van der Waals surface area contributed by atoms with Crippen LogP contribution in [0.5, 0.6) is 11.5 Å². The smallest absolute Gasteiger partial charge is 0.439 e. The zero-order chi connectivity index (χ0) is 20.4. The van der Waals surface area contributed by atoms with Gasteiger partial charge in [-0.25, -0.2) is 4.39 Å². The van der Waals surface area contributed by atoms with Crippen molar-refractivity contribution in [1.29, 1.82) is 0 Å². The van der Waals surface area contributed by atoms with Crippen molar-refractivity contribution in [1.82, 2.24) is 0 Å². The Labute approximate surface area is 158 Å². The lowest BCUT2D eigenvalue weighted by atomic mass is 10.2. The first-order valence-corrected chi connectivity index (χ1v) is 7.76. The van der Waals surface area contributed by atoms with Crippen molar-refractivity contribution in [2.24, 2.45) is 4.99 Å². The fourth-order valence-corrected chi connectivity index (χ4v) is 2.37. The maximum atomic E-state index is 13.5. The number of para-hydroxylation sites is 2. The SMILES string of the molecule is Oc1c(Cl)cc(Cl)cc1C=Nc1ccccc1OC(F)(F)C(F)C(F)(F)F. The van der Waals surface area contributed by atoms with Crippen LogP contribution in [-0.4, -0.2) is 29.8 Å². The highest BCUT2D eigenvalue weighted by Crippen LogP contribution is 2.39. The maximum absolute atomic E-state index is 13.5. The molecule has 0 radical (unpaired) electrons. The molecule has 146 valence electrons. The van der Waals surface area contributed by atoms with E-state index in [0.717, 1.165) is 18.3 Å². The summed E-state index contributed by atoms with van der Waals surface area (Å²) in [6.07, 6.45) is -14.5. The highest BCUT2D eigenvalue weighted by molar-refractivity contribution is 6.36. The number of phenols is 1. The molecule has 0 aromatic heterocycles. The van der Waals surface area contributed by atoms with E-state index < -0.39 is 30.0 Å². The summed E-state index contributed by atoms with van der Waals surface area (Å²) in [6, 6.07) is 7.02. The van der Waals surface area contributed by atoms with E-state index >= 15 is 0 Å².